The van der Waals surface area contributed by atoms with E-state index in [0.717, 1.165) is 35.7 Å². The van der Waals surface area contributed by atoms with Gasteiger partial charge in [0.1, 0.15) is 0 Å². The Hall–Kier alpha value is -1.79. The van der Waals surface area contributed by atoms with Gasteiger partial charge in [-0.15, -0.1) is 11.8 Å². The van der Waals surface area contributed by atoms with Crippen LogP contribution in [0.5, 0.6) is 0 Å². The maximum atomic E-state index is 13.0. The first-order chi connectivity index (χ1) is 11.7. The Labute approximate surface area is 149 Å². The van der Waals surface area contributed by atoms with E-state index in [1.165, 1.54) is 5.56 Å². The zero-order valence-electron chi connectivity index (χ0n) is 13.2. The Morgan fingerprint density at radius 1 is 1.29 bits per heavy atom. The summed E-state index contributed by atoms with van der Waals surface area (Å²) in [6.45, 7) is 0.789. The summed E-state index contributed by atoms with van der Waals surface area (Å²) >= 11 is 3.33. The smallest absolute Gasteiger partial charge is 0.254 e. The first kappa shape index (κ1) is 15.7. The molecule has 0 aliphatic carbocycles. The van der Waals surface area contributed by atoms with E-state index >= 15 is 0 Å². The molecule has 1 atom stereocenters. The van der Waals surface area contributed by atoms with Gasteiger partial charge in [-0.2, -0.15) is 11.3 Å². The number of nitrogens with one attached hydrogen (secondary N) is 1. The summed E-state index contributed by atoms with van der Waals surface area (Å²) < 4.78 is 0. The molecule has 4 nitrogen and oxygen atoms in total. The standard InChI is InChI=1S/C18H18N2O2S2/c21-17-6-9-24-16-4-3-12(10-14(16)19-17)18(22)20-7-1-2-15(20)13-5-8-23-11-13/h3-5,8,10-11,15H,1-2,6-7,9H2,(H,19,21)/t15-/m0/s1. The second kappa shape index (κ2) is 6.61. The number of hydrogen-bond donors (Lipinski definition) is 1. The summed E-state index contributed by atoms with van der Waals surface area (Å²) in [6, 6.07) is 7.95. The van der Waals surface area contributed by atoms with E-state index < -0.39 is 0 Å². The molecule has 0 saturated carbocycles. The van der Waals surface area contributed by atoms with Crippen LogP contribution in [0.25, 0.3) is 0 Å². The van der Waals surface area contributed by atoms with Gasteiger partial charge in [0, 0.05) is 29.2 Å². The zero-order chi connectivity index (χ0) is 16.5. The molecule has 1 fully saturated rings. The van der Waals surface area contributed by atoms with E-state index in [-0.39, 0.29) is 17.9 Å². The van der Waals surface area contributed by atoms with E-state index in [9.17, 15) is 9.59 Å². The Balaban J connectivity index is 1.61. The van der Waals surface area contributed by atoms with Gasteiger partial charge in [-0.05, 0) is 53.4 Å². The molecule has 1 aromatic heterocycles. The number of rotatable bonds is 2. The van der Waals surface area contributed by atoms with Crippen molar-refractivity contribution in [3.63, 3.8) is 0 Å². The number of fused-ring (bicyclic) bond motifs is 1. The van der Waals surface area contributed by atoms with Gasteiger partial charge in [-0.3, -0.25) is 9.59 Å². The predicted molar refractivity (Wildman–Crippen MR) is 97.7 cm³/mol. The molecular formula is C18H18N2O2S2. The van der Waals surface area contributed by atoms with Crippen LogP contribution in [-0.4, -0.2) is 29.0 Å². The lowest BCUT2D eigenvalue weighted by Gasteiger charge is -2.24. The molecule has 6 heteroatoms. The van der Waals surface area contributed by atoms with Crippen LogP contribution in [0, 0.1) is 0 Å². The Morgan fingerprint density at radius 2 is 2.21 bits per heavy atom. The number of carbonyl (C=O) groups is 2. The van der Waals surface area contributed by atoms with Gasteiger partial charge in [0.2, 0.25) is 5.91 Å². The fraction of sp³-hybridized carbons (Fsp3) is 0.333. The number of likely N-dealkylation sites (tertiary alicyclic amines) is 1. The first-order valence-electron chi connectivity index (χ1n) is 8.12. The van der Waals surface area contributed by atoms with Gasteiger partial charge in [0.25, 0.3) is 5.91 Å². The molecule has 2 aliphatic heterocycles. The van der Waals surface area contributed by atoms with E-state index in [1.807, 2.05) is 23.1 Å². The Morgan fingerprint density at radius 3 is 3.04 bits per heavy atom. The molecule has 2 aromatic rings. The molecule has 1 saturated heterocycles. The second-order valence-corrected chi connectivity index (χ2v) is 7.99. The van der Waals surface area contributed by atoms with Crippen LogP contribution in [0.1, 0.15) is 41.2 Å². The van der Waals surface area contributed by atoms with E-state index in [0.29, 0.717) is 12.0 Å². The molecule has 0 unspecified atom stereocenters. The van der Waals surface area contributed by atoms with Crippen molar-refractivity contribution in [2.45, 2.75) is 30.2 Å². The molecule has 2 aliphatic rings. The zero-order valence-corrected chi connectivity index (χ0v) is 14.8. The Kier molecular flexibility index (Phi) is 4.33. The first-order valence-corrected chi connectivity index (χ1v) is 10.0. The van der Waals surface area contributed by atoms with Gasteiger partial charge in [0.05, 0.1) is 11.7 Å². The van der Waals surface area contributed by atoms with Crippen molar-refractivity contribution in [3.05, 3.63) is 46.2 Å². The molecule has 1 aromatic carbocycles. The van der Waals surface area contributed by atoms with Crippen LogP contribution < -0.4 is 5.32 Å². The number of carbonyl (C=O) groups excluding carboxylic acids is 2. The fourth-order valence-corrected chi connectivity index (χ4v) is 4.98. The maximum absolute atomic E-state index is 13.0. The minimum atomic E-state index is 0.0168. The second-order valence-electron chi connectivity index (χ2n) is 6.07. The molecule has 124 valence electrons. The monoisotopic (exact) mass is 358 g/mol. The summed E-state index contributed by atoms with van der Waals surface area (Å²) in [5, 5.41) is 7.11. The van der Waals surface area contributed by atoms with Gasteiger partial charge in [0.15, 0.2) is 0 Å². The highest BCUT2D eigenvalue weighted by Crippen LogP contribution is 2.36. The quantitative estimate of drug-likeness (QED) is 0.877. The number of thiophene rings is 1. The lowest BCUT2D eigenvalue weighted by molar-refractivity contribution is -0.115. The average molecular weight is 358 g/mol. The van der Waals surface area contributed by atoms with Crippen molar-refractivity contribution >= 4 is 40.6 Å². The van der Waals surface area contributed by atoms with Gasteiger partial charge < -0.3 is 10.2 Å². The molecule has 3 heterocycles. The molecule has 0 spiro atoms. The van der Waals surface area contributed by atoms with Crippen molar-refractivity contribution in [1.82, 2.24) is 4.90 Å². The van der Waals surface area contributed by atoms with Crippen molar-refractivity contribution in [2.75, 3.05) is 17.6 Å². The van der Waals surface area contributed by atoms with Crippen LogP contribution in [0.3, 0.4) is 0 Å². The summed E-state index contributed by atoms with van der Waals surface area (Å²) in [5.41, 5.74) is 2.64. The summed E-state index contributed by atoms with van der Waals surface area (Å²) in [4.78, 5) is 27.8. The topological polar surface area (TPSA) is 49.4 Å². The van der Waals surface area contributed by atoms with Crippen molar-refractivity contribution < 1.29 is 9.59 Å². The average Bonchev–Trinajstić information content (AvgIpc) is 3.22. The summed E-state index contributed by atoms with van der Waals surface area (Å²) in [7, 11) is 0. The van der Waals surface area contributed by atoms with Crippen molar-refractivity contribution in [2.24, 2.45) is 0 Å². The number of benzene rings is 1. The summed E-state index contributed by atoms with van der Waals surface area (Å²) in [6.07, 6.45) is 2.55. The Bertz CT molecular complexity index is 773. The number of amides is 2. The third kappa shape index (κ3) is 2.96. The summed E-state index contributed by atoms with van der Waals surface area (Å²) in [5.74, 6) is 0.844. The molecule has 24 heavy (non-hydrogen) atoms. The minimum Gasteiger partial charge on any atom is -0.332 e. The maximum Gasteiger partial charge on any atom is 0.254 e. The molecule has 2 amide bonds. The van der Waals surface area contributed by atoms with E-state index in [2.05, 4.69) is 22.1 Å². The predicted octanol–water partition coefficient (Wildman–Crippen LogP) is 4.16. The van der Waals surface area contributed by atoms with Crippen LogP contribution in [0.2, 0.25) is 0 Å². The van der Waals surface area contributed by atoms with Gasteiger partial charge in [-0.1, -0.05) is 0 Å². The highest BCUT2D eigenvalue weighted by Gasteiger charge is 2.31. The molecule has 0 bridgehead atoms. The van der Waals surface area contributed by atoms with Gasteiger partial charge in [-0.25, -0.2) is 0 Å². The van der Waals surface area contributed by atoms with Crippen LogP contribution >= 0.6 is 23.1 Å². The lowest BCUT2D eigenvalue weighted by atomic mass is 10.1. The largest absolute Gasteiger partial charge is 0.332 e. The van der Waals surface area contributed by atoms with E-state index in [1.54, 1.807) is 23.1 Å². The van der Waals surface area contributed by atoms with Crippen molar-refractivity contribution in [1.29, 1.82) is 0 Å². The van der Waals surface area contributed by atoms with E-state index in [4.69, 9.17) is 0 Å². The normalized spacial score (nSPS) is 20.4. The third-order valence-electron chi connectivity index (χ3n) is 4.53. The SMILES string of the molecule is O=C1CCSc2ccc(C(=O)N3CCC[C@H]3c3ccsc3)cc2N1. The highest BCUT2D eigenvalue weighted by molar-refractivity contribution is 7.99. The fourth-order valence-electron chi connectivity index (χ4n) is 3.34. The molecule has 1 N–H and O–H groups in total. The third-order valence-corrected chi connectivity index (χ3v) is 6.31. The molecular weight excluding hydrogens is 340 g/mol. The van der Waals surface area contributed by atoms with Crippen molar-refractivity contribution in [3.8, 4) is 0 Å². The molecule has 0 radical (unpaired) electrons. The number of hydrogen-bond acceptors (Lipinski definition) is 4. The van der Waals surface area contributed by atoms with Gasteiger partial charge >= 0.3 is 0 Å². The number of thioether (sulfide) groups is 1. The number of nitrogens with zero attached hydrogens (tertiary/aromatic N) is 1. The minimum absolute atomic E-state index is 0.0168. The van der Waals surface area contributed by atoms with Crippen LogP contribution in [0.15, 0.2) is 39.9 Å². The number of anilines is 1. The highest BCUT2D eigenvalue weighted by atomic mass is 32.2. The van der Waals surface area contributed by atoms with Crippen LogP contribution in [0.4, 0.5) is 5.69 Å². The van der Waals surface area contributed by atoms with Crippen LogP contribution in [-0.2, 0) is 4.79 Å². The lowest BCUT2D eigenvalue weighted by Crippen LogP contribution is -2.30. The molecule has 4 rings (SSSR count).